The van der Waals surface area contributed by atoms with Gasteiger partial charge in [-0.1, -0.05) is 13.8 Å². The Kier molecular flexibility index (Phi) is 11.5. The van der Waals surface area contributed by atoms with Crippen LogP contribution in [0.4, 0.5) is 0 Å². The molecule has 170 valence electrons. The molecule has 0 aliphatic heterocycles. The van der Waals surface area contributed by atoms with E-state index in [0.717, 1.165) is 0 Å². The van der Waals surface area contributed by atoms with Gasteiger partial charge in [0, 0.05) is 24.0 Å². The number of thiol groups is 1. The summed E-state index contributed by atoms with van der Waals surface area (Å²) in [4.78, 5) is 69.6. The van der Waals surface area contributed by atoms with E-state index in [1.165, 1.54) is 6.92 Å². The third-order valence-electron chi connectivity index (χ3n) is 3.52. The molecule has 7 N–H and O–H groups in total. The van der Waals surface area contributed by atoms with Crippen molar-refractivity contribution in [2.75, 3.05) is 0 Å². The van der Waals surface area contributed by atoms with Gasteiger partial charge in [-0.05, 0) is 13.3 Å². The lowest BCUT2D eigenvalue weighted by atomic mass is 10.1. The number of carbonyl (C=O) groups is 6. The van der Waals surface area contributed by atoms with Crippen molar-refractivity contribution in [3.63, 3.8) is 0 Å². The Morgan fingerprint density at radius 1 is 0.967 bits per heavy atom. The van der Waals surface area contributed by atoms with Gasteiger partial charge < -0.3 is 21.5 Å². The maximum atomic E-state index is 12.3. The summed E-state index contributed by atoms with van der Waals surface area (Å²) in [7, 11) is 0. The predicted octanol–water partition coefficient (Wildman–Crippen LogP) is -1.65. The Morgan fingerprint density at radius 2 is 1.57 bits per heavy atom. The number of carboxylic acids is 1. The van der Waals surface area contributed by atoms with Crippen LogP contribution in [0, 0.1) is 0 Å². The molecule has 0 heterocycles. The summed E-state index contributed by atoms with van der Waals surface area (Å²) in [6.07, 6.45) is -0.830. The molecule has 0 saturated carbocycles. The lowest BCUT2D eigenvalue weighted by Crippen LogP contribution is -2.56. The van der Waals surface area contributed by atoms with E-state index in [0.29, 0.717) is 0 Å². The number of carboxylic acid groups (broad SMARTS) is 1. The molecule has 0 saturated heterocycles. The fourth-order valence-corrected chi connectivity index (χ4v) is 2.28. The average Bonchev–Trinajstić information content (AvgIpc) is 2.56. The van der Waals surface area contributed by atoms with Crippen molar-refractivity contribution in [3.05, 3.63) is 0 Å². The fraction of sp³-hybridized carbons (Fsp3) is 0.647. The van der Waals surface area contributed by atoms with Crippen LogP contribution in [-0.4, -0.2) is 57.4 Å². The quantitative estimate of drug-likeness (QED) is 0.137. The molecule has 5 amide bonds. The SMILES string of the molecule is C[C@H](NC(=O)[C@H](CC(N)=O)NC(=O)CCCC(=O)O)C(=O)NNC(=O)CC(C)(C)S. The van der Waals surface area contributed by atoms with Gasteiger partial charge in [0.25, 0.3) is 5.91 Å². The molecule has 0 aromatic rings. The monoisotopic (exact) mass is 447 g/mol. The number of nitrogens with one attached hydrogen (secondary N) is 4. The van der Waals surface area contributed by atoms with E-state index in [-0.39, 0.29) is 25.7 Å². The minimum atomic E-state index is -1.34. The van der Waals surface area contributed by atoms with Crippen LogP contribution in [0.1, 0.15) is 52.9 Å². The first-order valence-corrected chi connectivity index (χ1v) is 9.57. The van der Waals surface area contributed by atoms with Gasteiger partial charge in [-0.3, -0.25) is 39.6 Å². The number of nitrogens with two attached hydrogens (primary N) is 1. The third kappa shape index (κ3) is 13.4. The highest BCUT2D eigenvalue weighted by atomic mass is 32.1. The Balaban J connectivity index is 4.71. The minimum Gasteiger partial charge on any atom is -0.481 e. The van der Waals surface area contributed by atoms with Crippen molar-refractivity contribution in [2.24, 2.45) is 5.73 Å². The first kappa shape index (κ1) is 27.2. The molecule has 0 aromatic carbocycles. The summed E-state index contributed by atoms with van der Waals surface area (Å²) >= 11 is 4.20. The van der Waals surface area contributed by atoms with Crippen molar-refractivity contribution in [2.45, 2.75) is 69.7 Å². The molecule has 30 heavy (non-hydrogen) atoms. The van der Waals surface area contributed by atoms with Crippen molar-refractivity contribution in [1.82, 2.24) is 21.5 Å². The first-order valence-electron chi connectivity index (χ1n) is 9.12. The van der Waals surface area contributed by atoms with Gasteiger partial charge in [0.05, 0.1) is 6.42 Å². The zero-order chi connectivity index (χ0) is 23.5. The van der Waals surface area contributed by atoms with E-state index in [9.17, 15) is 28.8 Å². The number of hydrazine groups is 1. The fourth-order valence-electron chi connectivity index (χ4n) is 2.13. The topological polar surface area (TPSA) is 197 Å². The van der Waals surface area contributed by atoms with Crippen LogP contribution in [0.25, 0.3) is 0 Å². The van der Waals surface area contributed by atoms with Crippen LogP contribution in [-0.2, 0) is 28.8 Å². The molecule has 0 rings (SSSR count). The van der Waals surface area contributed by atoms with Gasteiger partial charge in [0.15, 0.2) is 0 Å². The van der Waals surface area contributed by atoms with Gasteiger partial charge in [-0.2, -0.15) is 12.6 Å². The molecule has 0 radical (unpaired) electrons. The van der Waals surface area contributed by atoms with Crippen LogP contribution < -0.4 is 27.2 Å². The molecule has 0 aromatic heterocycles. The van der Waals surface area contributed by atoms with E-state index in [4.69, 9.17) is 10.8 Å². The van der Waals surface area contributed by atoms with Crippen LogP contribution in [0.3, 0.4) is 0 Å². The maximum absolute atomic E-state index is 12.3. The van der Waals surface area contributed by atoms with E-state index in [2.05, 4.69) is 34.1 Å². The zero-order valence-corrected chi connectivity index (χ0v) is 18.0. The summed E-state index contributed by atoms with van der Waals surface area (Å²) < 4.78 is -0.584. The summed E-state index contributed by atoms with van der Waals surface area (Å²) in [5.74, 6) is -4.64. The van der Waals surface area contributed by atoms with Crippen LogP contribution in [0.5, 0.6) is 0 Å². The molecule has 0 fully saturated rings. The Bertz CT molecular complexity index is 678. The molecule has 0 bridgehead atoms. The standard InChI is InChI=1S/C17H29N5O7S/c1-9(15(28)22-21-13(25)8-17(2,3)30)19-16(29)10(7-11(18)23)20-12(24)5-4-6-14(26)27/h9-10,30H,4-8H2,1-3H3,(H2,18,23)(H,19,29)(H,20,24)(H,21,25)(H,22,28)(H,26,27)/t9-,10-/m0/s1. The van der Waals surface area contributed by atoms with Crippen molar-refractivity contribution in [3.8, 4) is 0 Å². The first-order chi connectivity index (χ1) is 13.7. The Hall–Kier alpha value is -2.83. The summed E-state index contributed by atoms with van der Waals surface area (Å²) in [6, 6.07) is -2.45. The van der Waals surface area contributed by atoms with Gasteiger partial charge in [0.1, 0.15) is 12.1 Å². The zero-order valence-electron chi connectivity index (χ0n) is 17.1. The molecule has 13 heteroatoms. The Labute approximate surface area is 179 Å². The molecule has 2 atom stereocenters. The number of aliphatic carboxylic acids is 1. The highest BCUT2D eigenvalue weighted by Gasteiger charge is 2.26. The van der Waals surface area contributed by atoms with E-state index in [1.807, 2.05) is 0 Å². The second-order valence-corrected chi connectivity index (χ2v) is 8.51. The van der Waals surface area contributed by atoms with Gasteiger partial charge in [-0.25, -0.2) is 0 Å². The highest BCUT2D eigenvalue weighted by molar-refractivity contribution is 7.81. The Morgan fingerprint density at radius 3 is 2.07 bits per heavy atom. The second kappa shape index (κ2) is 12.7. The molecule has 0 aliphatic rings. The van der Waals surface area contributed by atoms with Crippen LogP contribution in [0.15, 0.2) is 0 Å². The smallest absolute Gasteiger partial charge is 0.303 e. The molecule has 12 nitrogen and oxygen atoms in total. The largest absolute Gasteiger partial charge is 0.481 e. The average molecular weight is 448 g/mol. The summed E-state index contributed by atoms with van der Waals surface area (Å²) in [5.41, 5.74) is 9.42. The highest BCUT2D eigenvalue weighted by Crippen LogP contribution is 2.15. The van der Waals surface area contributed by atoms with E-state index >= 15 is 0 Å². The number of carbonyl (C=O) groups excluding carboxylic acids is 5. The second-order valence-electron chi connectivity index (χ2n) is 7.29. The predicted molar refractivity (Wildman–Crippen MR) is 109 cm³/mol. The van der Waals surface area contributed by atoms with Gasteiger partial charge in [-0.15, -0.1) is 0 Å². The molecular formula is C17H29N5O7S. The normalized spacial score (nSPS) is 12.8. The van der Waals surface area contributed by atoms with Crippen molar-refractivity contribution < 1.29 is 33.9 Å². The lowest BCUT2D eigenvalue weighted by Gasteiger charge is -2.21. The molecule has 0 aliphatic carbocycles. The number of rotatable bonds is 12. The number of hydrogen-bond acceptors (Lipinski definition) is 7. The van der Waals surface area contributed by atoms with Crippen LogP contribution in [0.2, 0.25) is 0 Å². The number of primary amides is 1. The van der Waals surface area contributed by atoms with Crippen molar-refractivity contribution in [1.29, 1.82) is 0 Å². The molecule has 0 spiro atoms. The van der Waals surface area contributed by atoms with Crippen molar-refractivity contribution >= 4 is 48.1 Å². The lowest BCUT2D eigenvalue weighted by molar-refractivity contribution is -0.137. The molecular weight excluding hydrogens is 418 g/mol. The van der Waals surface area contributed by atoms with Crippen LogP contribution >= 0.6 is 12.6 Å². The third-order valence-corrected chi connectivity index (χ3v) is 3.68. The summed E-state index contributed by atoms with van der Waals surface area (Å²) in [6.45, 7) is 4.77. The number of amides is 5. The summed E-state index contributed by atoms with van der Waals surface area (Å²) in [5, 5.41) is 13.2. The van der Waals surface area contributed by atoms with E-state index in [1.54, 1.807) is 13.8 Å². The maximum Gasteiger partial charge on any atom is 0.303 e. The minimum absolute atomic E-state index is 0.0335. The van der Waals surface area contributed by atoms with Gasteiger partial charge >= 0.3 is 5.97 Å². The molecule has 0 unspecified atom stereocenters. The van der Waals surface area contributed by atoms with E-state index < -0.39 is 58.8 Å². The number of hydrogen-bond donors (Lipinski definition) is 7. The van der Waals surface area contributed by atoms with Gasteiger partial charge in [0.2, 0.25) is 23.6 Å².